The van der Waals surface area contributed by atoms with Crippen LogP contribution in [0.5, 0.6) is 17.2 Å². The van der Waals surface area contributed by atoms with Gasteiger partial charge in [0.25, 0.3) is 0 Å². The maximum atomic E-state index is 13.8. The minimum Gasteiger partial charge on any atom is -0.501 e. The summed E-state index contributed by atoms with van der Waals surface area (Å²) in [6.45, 7) is 0.972. The molecule has 1 fully saturated rings. The van der Waals surface area contributed by atoms with Gasteiger partial charge in [-0.25, -0.2) is 4.39 Å². The fraction of sp³-hybridized carbons (Fsp3) is 0.538. The molecule has 0 bridgehead atoms. The van der Waals surface area contributed by atoms with E-state index in [0.717, 1.165) is 0 Å². The predicted octanol–water partition coefficient (Wildman–Crippen LogP) is -0.482. The van der Waals surface area contributed by atoms with E-state index in [-0.39, 0.29) is 18.0 Å². The third kappa shape index (κ3) is 2.83. The van der Waals surface area contributed by atoms with Crippen molar-refractivity contribution in [2.75, 3.05) is 13.1 Å². The van der Waals surface area contributed by atoms with E-state index in [4.69, 9.17) is 45.6 Å². The molecule has 8 radical (unpaired) electrons. The molecule has 2 atom stereocenters. The van der Waals surface area contributed by atoms with Crippen molar-refractivity contribution in [3.8, 4) is 17.2 Å². The summed E-state index contributed by atoms with van der Waals surface area (Å²) in [5.74, 6) is 0.943. The Balaban J connectivity index is 1.80. The van der Waals surface area contributed by atoms with Crippen LogP contribution in [0.15, 0.2) is 18.2 Å². The van der Waals surface area contributed by atoms with Crippen LogP contribution in [-0.2, 0) is 0 Å². The molecular weight excluding hydrogens is 280 g/mol. The van der Waals surface area contributed by atoms with E-state index in [1.807, 2.05) is 0 Å². The molecule has 2 aliphatic heterocycles. The lowest BCUT2D eigenvalue weighted by atomic mass is 9.41. The second-order valence-corrected chi connectivity index (χ2v) is 5.56. The molecule has 2 heterocycles. The molecule has 1 aromatic rings. The van der Waals surface area contributed by atoms with Crippen LogP contribution < -0.4 is 19.5 Å². The van der Waals surface area contributed by atoms with E-state index >= 15 is 0 Å². The molecule has 22 heavy (non-hydrogen) atoms. The van der Waals surface area contributed by atoms with Gasteiger partial charge in [0, 0.05) is 23.4 Å². The Morgan fingerprint density at radius 1 is 1.14 bits per heavy atom. The topological polar surface area (TPSA) is 39.7 Å². The number of ether oxygens (including phenoxy) is 3. The summed E-state index contributed by atoms with van der Waals surface area (Å²) in [5, 5.41) is -0.821. The fourth-order valence-corrected chi connectivity index (χ4v) is 2.35. The van der Waals surface area contributed by atoms with Gasteiger partial charge in [0.05, 0.1) is 0 Å². The number of nitrogens with one attached hydrogen (secondary N) is 1. The predicted molar refractivity (Wildman–Crippen MR) is 83.0 cm³/mol. The van der Waals surface area contributed by atoms with Gasteiger partial charge in [-0.2, -0.15) is 0 Å². The number of alkyl halides is 1. The summed E-state index contributed by atoms with van der Waals surface area (Å²) in [6, 6.07) is 4.70. The van der Waals surface area contributed by atoms with Crippen molar-refractivity contribution in [2.24, 2.45) is 0 Å². The molecule has 2 aliphatic rings. The summed E-state index contributed by atoms with van der Waals surface area (Å²) < 4.78 is 30.2. The standard InChI is InChI=1S/C13H12B4FNO3/c14-12(15)13(16,17)22-11-5-7(1-2-10(11)21-12)20-9-3-4-19-6-8(9)18/h1-2,5,8-9,19H,3-4,6H2. The summed E-state index contributed by atoms with van der Waals surface area (Å²) in [4.78, 5) is 0. The number of hydrogen-bond donors (Lipinski definition) is 1. The first kappa shape index (κ1) is 15.7. The van der Waals surface area contributed by atoms with Gasteiger partial charge in [-0.05, 0) is 25.1 Å². The highest BCUT2D eigenvalue weighted by molar-refractivity contribution is 6.53. The highest BCUT2D eigenvalue weighted by atomic mass is 19.1. The number of benzene rings is 1. The first-order valence-corrected chi connectivity index (χ1v) is 6.97. The van der Waals surface area contributed by atoms with E-state index < -0.39 is 23.1 Å². The van der Waals surface area contributed by atoms with Crippen LogP contribution in [0.3, 0.4) is 0 Å². The average Bonchev–Trinajstić information content (AvgIpc) is 2.42. The van der Waals surface area contributed by atoms with Gasteiger partial charge in [-0.15, -0.1) is 0 Å². The molecule has 1 aromatic carbocycles. The second kappa shape index (κ2) is 5.44. The van der Waals surface area contributed by atoms with E-state index in [2.05, 4.69) is 5.32 Å². The maximum absolute atomic E-state index is 13.8. The third-order valence-electron chi connectivity index (χ3n) is 3.72. The first-order chi connectivity index (χ1) is 10.3. The summed E-state index contributed by atoms with van der Waals surface area (Å²) in [6.07, 6.45) is -1.03. The Labute approximate surface area is 134 Å². The van der Waals surface area contributed by atoms with Crippen molar-refractivity contribution in [1.82, 2.24) is 5.32 Å². The van der Waals surface area contributed by atoms with Gasteiger partial charge in [0.2, 0.25) is 0 Å². The van der Waals surface area contributed by atoms with Crippen molar-refractivity contribution in [2.45, 2.75) is 29.5 Å². The van der Waals surface area contributed by atoms with Crippen LogP contribution in [0.4, 0.5) is 4.39 Å². The lowest BCUT2D eigenvalue weighted by molar-refractivity contribution is 0.0575. The molecule has 1 saturated heterocycles. The van der Waals surface area contributed by atoms with Gasteiger partial charge >= 0.3 is 0 Å². The SMILES string of the molecule is [B]C1([B])Oc2ccc(OC3CCNCC3F)cc2OC1([B])[B]. The number of rotatable bonds is 2. The van der Waals surface area contributed by atoms with Gasteiger partial charge in [-0.1, -0.05) is 0 Å². The Kier molecular flexibility index (Phi) is 3.87. The third-order valence-corrected chi connectivity index (χ3v) is 3.72. The second-order valence-electron chi connectivity index (χ2n) is 5.56. The van der Waals surface area contributed by atoms with Crippen molar-refractivity contribution in [1.29, 1.82) is 0 Å². The number of halogens is 1. The number of hydrogen-bond acceptors (Lipinski definition) is 4. The van der Waals surface area contributed by atoms with Crippen molar-refractivity contribution >= 4 is 31.4 Å². The van der Waals surface area contributed by atoms with E-state index in [0.29, 0.717) is 18.7 Å². The zero-order valence-corrected chi connectivity index (χ0v) is 11.9. The Hall–Kier alpha value is -1.23. The summed E-state index contributed by atoms with van der Waals surface area (Å²) in [5.41, 5.74) is 0. The molecular formula is C13H12B4FNO3. The highest BCUT2D eigenvalue weighted by Gasteiger charge is 2.43. The largest absolute Gasteiger partial charge is 0.501 e. The molecule has 4 nitrogen and oxygen atoms in total. The van der Waals surface area contributed by atoms with Gasteiger partial charge in [0.15, 0.2) is 11.5 Å². The van der Waals surface area contributed by atoms with Gasteiger partial charge in [-0.3, -0.25) is 0 Å². The van der Waals surface area contributed by atoms with E-state index in [9.17, 15) is 4.39 Å². The van der Waals surface area contributed by atoms with Gasteiger partial charge in [0.1, 0.15) is 49.4 Å². The molecule has 9 heteroatoms. The maximum Gasteiger partial charge on any atom is 0.163 e. The minimum absolute atomic E-state index is 0.235. The monoisotopic (exact) mass is 293 g/mol. The normalized spacial score (nSPS) is 28.8. The molecule has 0 amide bonds. The van der Waals surface area contributed by atoms with Crippen molar-refractivity contribution in [3.05, 3.63) is 18.2 Å². The van der Waals surface area contributed by atoms with Gasteiger partial charge < -0.3 is 19.5 Å². The Morgan fingerprint density at radius 3 is 2.50 bits per heavy atom. The molecule has 0 aliphatic carbocycles. The van der Waals surface area contributed by atoms with Crippen LogP contribution in [0, 0.1) is 0 Å². The number of piperidine rings is 1. The summed E-state index contributed by atoms with van der Waals surface area (Å²) in [7, 11) is 22.7. The van der Waals surface area contributed by atoms with Crippen LogP contribution in [0.2, 0.25) is 0 Å². The zero-order valence-electron chi connectivity index (χ0n) is 11.9. The van der Waals surface area contributed by atoms with Crippen LogP contribution in [0.25, 0.3) is 0 Å². The molecule has 3 rings (SSSR count). The van der Waals surface area contributed by atoms with Crippen LogP contribution >= 0.6 is 0 Å². The molecule has 1 N–H and O–H groups in total. The quantitative estimate of drug-likeness (QED) is 0.748. The first-order valence-electron chi connectivity index (χ1n) is 6.97. The summed E-state index contributed by atoms with van der Waals surface area (Å²) >= 11 is 0. The van der Waals surface area contributed by atoms with E-state index in [1.54, 1.807) is 12.1 Å². The molecule has 0 spiro atoms. The lowest BCUT2D eigenvalue weighted by Gasteiger charge is -2.48. The van der Waals surface area contributed by atoms with Crippen LogP contribution in [0.1, 0.15) is 6.42 Å². The average molecular weight is 292 g/mol. The zero-order chi connectivity index (χ0) is 16.0. The Morgan fingerprint density at radius 2 is 1.82 bits per heavy atom. The molecule has 0 saturated carbocycles. The van der Waals surface area contributed by atoms with E-state index in [1.165, 1.54) is 6.07 Å². The van der Waals surface area contributed by atoms with Crippen LogP contribution in [-0.4, -0.2) is 67.5 Å². The minimum atomic E-state index is -1.91. The molecule has 106 valence electrons. The highest BCUT2D eigenvalue weighted by Crippen LogP contribution is 2.41. The molecule has 0 aromatic heterocycles. The fourth-order valence-electron chi connectivity index (χ4n) is 2.35. The number of fused-ring (bicyclic) bond motifs is 1. The Bertz CT molecular complexity index is 572. The molecule has 2 unspecified atom stereocenters. The van der Waals surface area contributed by atoms with Crippen molar-refractivity contribution < 1.29 is 18.6 Å². The smallest absolute Gasteiger partial charge is 0.163 e. The lowest BCUT2D eigenvalue weighted by Crippen LogP contribution is -2.65. The van der Waals surface area contributed by atoms with Crippen molar-refractivity contribution in [3.63, 3.8) is 0 Å².